The summed E-state index contributed by atoms with van der Waals surface area (Å²) in [7, 11) is 1.66. The Balaban J connectivity index is 1.30. The number of aryl methyl sites for hydroxylation is 2. The van der Waals surface area contributed by atoms with Gasteiger partial charge >= 0.3 is 6.03 Å². The molecular weight excluding hydrogens is 416 g/mol. The predicted molar refractivity (Wildman–Crippen MR) is 130 cm³/mol. The van der Waals surface area contributed by atoms with Gasteiger partial charge in [0.05, 0.1) is 18.9 Å². The minimum atomic E-state index is 0.0264. The first-order chi connectivity index (χ1) is 16.1. The first-order valence-corrected chi connectivity index (χ1v) is 11.6. The maximum absolute atomic E-state index is 12.7. The summed E-state index contributed by atoms with van der Waals surface area (Å²) in [5, 5.41) is 3.08. The number of aromatic nitrogens is 1. The summed E-state index contributed by atoms with van der Waals surface area (Å²) in [6, 6.07) is 16.5. The summed E-state index contributed by atoms with van der Waals surface area (Å²) >= 11 is 0. The molecule has 7 heteroatoms. The first kappa shape index (κ1) is 22.7. The second kappa shape index (κ2) is 10.9. The van der Waals surface area contributed by atoms with Gasteiger partial charge in [0.2, 0.25) is 0 Å². The average Bonchev–Trinajstić information content (AvgIpc) is 3.13. The van der Waals surface area contributed by atoms with E-state index in [1.54, 1.807) is 13.3 Å². The Morgan fingerprint density at radius 1 is 1.12 bits per heavy atom. The molecule has 1 saturated heterocycles. The standard InChI is InChI=1S/C26H32N4O3/c1-20-28-19-25(33-20)23-12-11-22(18-24(23)32-2)29-14-7-15-30(17-16-29)26(31)27-13-6-10-21-8-4-3-5-9-21/h3-5,8-9,11-12,18-19H,6-7,10,13-17H2,1-2H3,(H,27,31). The monoisotopic (exact) mass is 448 g/mol. The number of carbonyl (C=O) groups is 1. The molecule has 0 spiro atoms. The van der Waals surface area contributed by atoms with Crippen LogP contribution in [-0.4, -0.2) is 55.7 Å². The van der Waals surface area contributed by atoms with Gasteiger partial charge < -0.3 is 24.3 Å². The zero-order valence-electron chi connectivity index (χ0n) is 19.4. The molecule has 33 heavy (non-hydrogen) atoms. The van der Waals surface area contributed by atoms with E-state index in [9.17, 15) is 4.79 Å². The molecular formula is C26H32N4O3. The molecule has 0 saturated carbocycles. The average molecular weight is 449 g/mol. The van der Waals surface area contributed by atoms with Crippen LogP contribution in [0.25, 0.3) is 11.3 Å². The van der Waals surface area contributed by atoms with Crippen LogP contribution < -0.4 is 15.0 Å². The number of anilines is 1. The van der Waals surface area contributed by atoms with E-state index in [4.69, 9.17) is 9.15 Å². The highest BCUT2D eigenvalue weighted by Crippen LogP contribution is 2.34. The number of carbonyl (C=O) groups excluding carboxylic acids is 1. The number of hydrogen-bond donors (Lipinski definition) is 1. The van der Waals surface area contributed by atoms with E-state index < -0.39 is 0 Å². The summed E-state index contributed by atoms with van der Waals surface area (Å²) in [5.74, 6) is 2.07. The lowest BCUT2D eigenvalue weighted by atomic mass is 10.1. The molecule has 4 rings (SSSR count). The molecule has 0 atom stereocenters. The van der Waals surface area contributed by atoms with E-state index in [2.05, 4.69) is 45.5 Å². The van der Waals surface area contributed by atoms with E-state index in [1.165, 1.54) is 5.56 Å². The fraction of sp³-hybridized carbons (Fsp3) is 0.385. The lowest BCUT2D eigenvalue weighted by molar-refractivity contribution is 0.201. The van der Waals surface area contributed by atoms with Gasteiger partial charge in [-0.05, 0) is 37.0 Å². The molecule has 1 N–H and O–H groups in total. The lowest BCUT2D eigenvalue weighted by Crippen LogP contribution is -2.42. The normalized spacial score (nSPS) is 14.1. The fourth-order valence-corrected chi connectivity index (χ4v) is 4.19. The Morgan fingerprint density at radius 3 is 2.73 bits per heavy atom. The molecule has 3 aromatic rings. The number of amides is 2. The third-order valence-corrected chi connectivity index (χ3v) is 5.98. The SMILES string of the molecule is COc1cc(N2CCCN(C(=O)NCCCc3ccccc3)CC2)ccc1-c1cnc(C)o1. The van der Waals surface area contributed by atoms with E-state index >= 15 is 0 Å². The number of nitrogens with one attached hydrogen (secondary N) is 1. The van der Waals surface area contributed by atoms with Gasteiger partial charge in [0.1, 0.15) is 5.75 Å². The molecule has 1 aromatic heterocycles. The van der Waals surface area contributed by atoms with Gasteiger partial charge in [-0.15, -0.1) is 0 Å². The van der Waals surface area contributed by atoms with Crippen LogP contribution in [0.15, 0.2) is 59.1 Å². The first-order valence-electron chi connectivity index (χ1n) is 11.6. The summed E-state index contributed by atoms with van der Waals surface area (Å²) in [6.07, 6.45) is 4.55. The Hall–Kier alpha value is -3.48. The number of nitrogens with zero attached hydrogens (tertiary/aromatic N) is 3. The molecule has 1 aliphatic rings. The predicted octanol–water partition coefficient (Wildman–Crippen LogP) is 4.51. The van der Waals surface area contributed by atoms with Gasteiger partial charge in [0, 0.05) is 51.4 Å². The highest BCUT2D eigenvalue weighted by molar-refractivity contribution is 5.74. The van der Waals surface area contributed by atoms with Crippen molar-refractivity contribution >= 4 is 11.7 Å². The molecule has 0 radical (unpaired) electrons. The molecule has 0 aliphatic carbocycles. The lowest BCUT2D eigenvalue weighted by Gasteiger charge is -2.24. The topological polar surface area (TPSA) is 70.8 Å². The zero-order chi connectivity index (χ0) is 23.0. The summed E-state index contributed by atoms with van der Waals surface area (Å²) in [5.41, 5.74) is 3.27. The van der Waals surface area contributed by atoms with Gasteiger partial charge in [-0.1, -0.05) is 30.3 Å². The molecule has 2 heterocycles. The van der Waals surface area contributed by atoms with Crippen molar-refractivity contribution in [2.24, 2.45) is 0 Å². The number of rotatable bonds is 7. The highest BCUT2D eigenvalue weighted by Gasteiger charge is 2.20. The van der Waals surface area contributed by atoms with Crippen molar-refractivity contribution < 1.29 is 13.9 Å². The Morgan fingerprint density at radius 2 is 1.97 bits per heavy atom. The molecule has 1 fully saturated rings. The highest BCUT2D eigenvalue weighted by atomic mass is 16.5. The van der Waals surface area contributed by atoms with Crippen molar-refractivity contribution in [3.05, 3.63) is 66.2 Å². The van der Waals surface area contributed by atoms with E-state index in [0.717, 1.165) is 55.9 Å². The maximum atomic E-state index is 12.7. The Labute approximate surface area is 195 Å². The van der Waals surface area contributed by atoms with Crippen molar-refractivity contribution in [3.8, 4) is 17.1 Å². The van der Waals surface area contributed by atoms with Crippen molar-refractivity contribution in [3.63, 3.8) is 0 Å². The minimum Gasteiger partial charge on any atom is -0.496 e. The molecule has 2 aromatic carbocycles. The maximum Gasteiger partial charge on any atom is 0.317 e. The second-order valence-corrected chi connectivity index (χ2v) is 8.28. The van der Waals surface area contributed by atoms with E-state index in [-0.39, 0.29) is 6.03 Å². The van der Waals surface area contributed by atoms with Crippen LogP contribution in [0.1, 0.15) is 24.3 Å². The van der Waals surface area contributed by atoms with Crippen LogP contribution in [0.2, 0.25) is 0 Å². The molecule has 2 amide bonds. The molecule has 1 aliphatic heterocycles. The van der Waals surface area contributed by atoms with Crippen LogP contribution in [0.4, 0.5) is 10.5 Å². The van der Waals surface area contributed by atoms with E-state index in [0.29, 0.717) is 24.7 Å². The van der Waals surface area contributed by atoms with Gasteiger partial charge in [-0.3, -0.25) is 0 Å². The van der Waals surface area contributed by atoms with Crippen molar-refractivity contribution in [2.45, 2.75) is 26.2 Å². The van der Waals surface area contributed by atoms with E-state index in [1.807, 2.05) is 30.0 Å². The number of hydrogen-bond acceptors (Lipinski definition) is 5. The van der Waals surface area contributed by atoms with Crippen molar-refractivity contribution in [1.29, 1.82) is 0 Å². The van der Waals surface area contributed by atoms with Gasteiger partial charge in [0.25, 0.3) is 0 Å². The van der Waals surface area contributed by atoms with Gasteiger partial charge in [-0.25, -0.2) is 9.78 Å². The number of benzene rings is 2. The molecule has 0 bridgehead atoms. The number of urea groups is 1. The van der Waals surface area contributed by atoms with Crippen molar-refractivity contribution in [2.75, 3.05) is 44.7 Å². The van der Waals surface area contributed by atoms with Gasteiger partial charge in [-0.2, -0.15) is 0 Å². The quantitative estimate of drug-likeness (QED) is 0.539. The molecule has 7 nitrogen and oxygen atoms in total. The smallest absolute Gasteiger partial charge is 0.317 e. The minimum absolute atomic E-state index is 0.0264. The van der Waals surface area contributed by atoms with Crippen LogP contribution in [0.3, 0.4) is 0 Å². The third kappa shape index (κ3) is 5.86. The second-order valence-electron chi connectivity index (χ2n) is 8.28. The third-order valence-electron chi connectivity index (χ3n) is 5.98. The Kier molecular flexibility index (Phi) is 7.50. The molecule has 174 valence electrons. The largest absolute Gasteiger partial charge is 0.496 e. The van der Waals surface area contributed by atoms with Gasteiger partial charge in [0.15, 0.2) is 11.7 Å². The number of ether oxygens (including phenoxy) is 1. The van der Waals surface area contributed by atoms with Crippen molar-refractivity contribution in [1.82, 2.24) is 15.2 Å². The fourth-order valence-electron chi connectivity index (χ4n) is 4.19. The van der Waals surface area contributed by atoms with Crippen LogP contribution >= 0.6 is 0 Å². The number of oxazole rings is 1. The Bertz CT molecular complexity index is 1050. The zero-order valence-corrected chi connectivity index (χ0v) is 19.4. The summed E-state index contributed by atoms with van der Waals surface area (Å²) in [6.45, 7) is 5.63. The van der Waals surface area contributed by atoms with Crippen LogP contribution in [0.5, 0.6) is 5.75 Å². The summed E-state index contributed by atoms with van der Waals surface area (Å²) < 4.78 is 11.3. The number of methoxy groups -OCH3 is 1. The van der Waals surface area contributed by atoms with Crippen LogP contribution in [-0.2, 0) is 6.42 Å². The summed E-state index contributed by atoms with van der Waals surface area (Å²) in [4.78, 5) is 21.1. The van der Waals surface area contributed by atoms with Crippen LogP contribution in [0, 0.1) is 6.92 Å². The molecule has 0 unspecified atom stereocenters.